The van der Waals surface area contributed by atoms with Crippen LogP contribution in [0.15, 0.2) is 48.5 Å². The van der Waals surface area contributed by atoms with Crippen molar-refractivity contribution in [3.05, 3.63) is 71.0 Å². The molecule has 1 aliphatic heterocycles. The normalized spacial score (nSPS) is 12.9. The number of nitrogens with two attached hydrogens (primary N) is 1. The first-order valence-electron chi connectivity index (χ1n) is 13.6. The molecule has 1 aliphatic rings. The van der Waals surface area contributed by atoms with Gasteiger partial charge in [0.2, 0.25) is 17.8 Å². The Hall–Kier alpha value is -3.87. The zero-order valence-corrected chi connectivity index (χ0v) is 22.6. The lowest BCUT2D eigenvalue weighted by Gasteiger charge is -2.17. The van der Waals surface area contributed by atoms with E-state index in [9.17, 15) is 9.18 Å². The van der Waals surface area contributed by atoms with Crippen molar-refractivity contribution in [2.45, 2.75) is 25.9 Å². The van der Waals surface area contributed by atoms with Gasteiger partial charge < -0.3 is 36.1 Å². The van der Waals surface area contributed by atoms with Gasteiger partial charge in [0.05, 0.1) is 26.4 Å². The molecule has 0 spiro atoms. The predicted molar refractivity (Wildman–Crippen MR) is 152 cm³/mol. The fourth-order valence-electron chi connectivity index (χ4n) is 4.06. The molecule has 2 aromatic carbocycles. The standard InChI is InChI=1S/C28H37FN8O3/c29-24-9-5-22(6-10-24)20-33-27-34-26(35-28(36-27)37-13-1-2-14-37)32-19-21-3-7-23(8-4-21)25(38)31-12-16-40-18-17-39-15-11-30/h3-10H,1-2,11-20,30H2,(H,31,38)(H2,32,33,34,35,36). The third-order valence-electron chi connectivity index (χ3n) is 6.21. The molecule has 5 N–H and O–H groups in total. The summed E-state index contributed by atoms with van der Waals surface area (Å²) >= 11 is 0. The van der Waals surface area contributed by atoms with Crippen LogP contribution in [0.1, 0.15) is 34.3 Å². The van der Waals surface area contributed by atoms with E-state index in [2.05, 4.69) is 35.8 Å². The molecular formula is C28H37FN8O3. The SMILES string of the molecule is NCCOCCOCCNC(=O)c1ccc(CNc2nc(NCc3ccc(F)cc3)nc(N3CCCC3)n2)cc1. The number of rotatable bonds is 16. The Bertz CT molecular complexity index is 1190. The lowest BCUT2D eigenvalue weighted by Crippen LogP contribution is -2.27. The van der Waals surface area contributed by atoms with Crippen LogP contribution in [0, 0.1) is 5.82 Å². The summed E-state index contributed by atoms with van der Waals surface area (Å²) in [6.45, 7) is 5.51. The lowest BCUT2D eigenvalue weighted by atomic mass is 10.1. The highest BCUT2D eigenvalue weighted by Gasteiger charge is 2.17. The van der Waals surface area contributed by atoms with Crippen molar-refractivity contribution in [1.82, 2.24) is 20.3 Å². The van der Waals surface area contributed by atoms with Crippen molar-refractivity contribution in [1.29, 1.82) is 0 Å². The molecule has 1 amide bonds. The first-order chi connectivity index (χ1) is 19.6. The van der Waals surface area contributed by atoms with E-state index in [1.54, 1.807) is 24.3 Å². The topological polar surface area (TPSA) is 140 Å². The van der Waals surface area contributed by atoms with Gasteiger partial charge in [0.15, 0.2) is 0 Å². The van der Waals surface area contributed by atoms with Crippen LogP contribution in [-0.2, 0) is 22.6 Å². The summed E-state index contributed by atoms with van der Waals surface area (Å²) in [5.41, 5.74) is 7.82. The quantitative estimate of drug-likeness (QED) is 0.196. The molecule has 1 aromatic heterocycles. The number of aromatic nitrogens is 3. The second kappa shape index (κ2) is 15.7. The summed E-state index contributed by atoms with van der Waals surface area (Å²) in [5, 5.41) is 9.34. The van der Waals surface area contributed by atoms with Crippen LogP contribution in [-0.4, -0.2) is 73.5 Å². The zero-order valence-electron chi connectivity index (χ0n) is 22.6. The van der Waals surface area contributed by atoms with Gasteiger partial charge >= 0.3 is 0 Å². The minimum Gasteiger partial charge on any atom is -0.378 e. The first-order valence-corrected chi connectivity index (χ1v) is 13.6. The lowest BCUT2D eigenvalue weighted by molar-refractivity contribution is 0.0511. The fourth-order valence-corrected chi connectivity index (χ4v) is 4.06. The predicted octanol–water partition coefficient (Wildman–Crippen LogP) is 2.56. The van der Waals surface area contributed by atoms with E-state index in [0.717, 1.165) is 37.1 Å². The molecule has 2 heterocycles. The number of benzene rings is 2. The average molecular weight is 553 g/mol. The Morgan fingerprint density at radius 1 is 0.825 bits per heavy atom. The molecule has 1 fully saturated rings. The van der Waals surface area contributed by atoms with Crippen LogP contribution in [0.4, 0.5) is 22.2 Å². The minimum atomic E-state index is -0.272. The van der Waals surface area contributed by atoms with Gasteiger partial charge in [0.1, 0.15) is 5.82 Å². The van der Waals surface area contributed by atoms with Gasteiger partial charge in [0, 0.05) is 44.8 Å². The van der Waals surface area contributed by atoms with Crippen LogP contribution in [0.2, 0.25) is 0 Å². The van der Waals surface area contributed by atoms with Gasteiger partial charge in [-0.15, -0.1) is 0 Å². The Morgan fingerprint density at radius 2 is 1.40 bits per heavy atom. The summed E-state index contributed by atoms with van der Waals surface area (Å²) < 4.78 is 23.9. The van der Waals surface area contributed by atoms with E-state index in [4.69, 9.17) is 15.2 Å². The van der Waals surface area contributed by atoms with E-state index in [1.807, 2.05) is 12.1 Å². The molecule has 0 unspecified atom stereocenters. The van der Waals surface area contributed by atoms with E-state index >= 15 is 0 Å². The van der Waals surface area contributed by atoms with Gasteiger partial charge in [0.25, 0.3) is 5.91 Å². The van der Waals surface area contributed by atoms with Gasteiger partial charge in [-0.05, 0) is 48.2 Å². The van der Waals surface area contributed by atoms with Crippen LogP contribution in [0.5, 0.6) is 0 Å². The number of carbonyl (C=O) groups is 1. The van der Waals surface area contributed by atoms with Crippen LogP contribution in [0.25, 0.3) is 0 Å². The van der Waals surface area contributed by atoms with E-state index in [0.29, 0.717) is 76.0 Å². The largest absolute Gasteiger partial charge is 0.378 e. The number of amides is 1. The number of hydrogen-bond acceptors (Lipinski definition) is 10. The second-order valence-electron chi connectivity index (χ2n) is 9.28. The number of nitrogens with one attached hydrogen (secondary N) is 3. The molecule has 4 rings (SSSR count). The smallest absolute Gasteiger partial charge is 0.251 e. The maximum atomic E-state index is 13.2. The highest BCUT2D eigenvalue weighted by atomic mass is 19.1. The molecule has 0 atom stereocenters. The fraction of sp³-hybridized carbons (Fsp3) is 0.429. The van der Waals surface area contributed by atoms with Gasteiger partial charge in [-0.1, -0.05) is 24.3 Å². The Kier molecular flexibility index (Phi) is 11.4. The molecule has 0 aliphatic carbocycles. The molecule has 1 saturated heterocycles. The van der Waals surface area contributed by atoms with Crippen LogP contribution < -0.4 is 26.6 Å². The maximum Gasteiger partial charge on any atom is 0.251 e. The summed E-state index contributed by atoms with van der Waals surface area (Å²) in [5.74, 6) is 1.09. The van der Waals surface area contributed by atoms with E-state index in [1.165, 1.54) is 12.1 Å². The van der Waals surface area contributed by atoms with Gasteiger partial charge in [-0.2, -0.15) is 15.0 Å². The van der Waals surface area contributed by atoms with Crippen molar-refractivity contribution < 1.29 is 18.7 Å². The van der Waals surface area contributed by atoms with Crippen LogP contribution in [0.3, 0.4) is 0 Å². The molecule has 40 heavy (non-hydrogen) atoms. The van der Waals surface area contributed by atoms with Crippen molar-refractivity contribution in [3.63, 3.8) is 0 Å². The Labute approximate surface area is 233 Å². The van der Waals surface area contributed by atoms with Crippen molar-refractivity contribution in [2.75, 3.05) is 68.1 Å². The minimum absolute atomic E-state index is 0.160. The zero-order chi connectivity index (χ0) is 28.0. The average Bonchev–Trinajstić information content (AvgIpc) is 3.53. The monoisotopic (exact) mass is 552 g/mol. The molecule has 3 aromatic rings. The number of carbonyl (C=O) groups excluding carboxylic acids is 1. The van der Waals surface area contributed by atoms with Crippen LogP contribution >= 0.6 is 0 Å². The molecule has 214 valence electrons. The Morgan fingerprint density at radius 3 is 2.00 bits per heavy atom. The summed E-state index contributed by atoms with van der Waals surface area (Å²) in [6, 6.07) is 13.7. The number of halogens is 1. The maximum absolute atomic E-state index is 13.2. The second-order valence-corrected chi connectivity index (χ2v) is 9.28. The summed E-state index contributed by atoms with van der Waals surface area (Å²) in [7, 11) is 0. The summed E-state index contributed by atoms with van der Waals surface area (Å²) in [4.78, 5) is 28.3. The highest BCUT2D eigenvalue weighted by molar-refractivity contribution is 5.94. The van der Waals surface area contributed by atoms with Crippen molar-refractivity contribution in [2.24, 2.45) is 5.73 Å². The number of hydrogen-bond donors (Lipinski definition) is 4. The van der Waals surface area contributed by atoms with E-state index in [-0.39, 0.29) is 11.7 Å². The highest BCUT2D eigenvalue weighted by Crippen LogP contribution is 2.19. The number of nitrogens with zero attached hydrogens (tertiary/aromatic N) is 4. The third kappa shape index (κ3) is 9.40. The molecule has 12 heteroatoms. The molecule has 0 radical (unpaired) electrons. The number of anilines is 3. The molecule has 0 bridgehead atoms. The van der Waals surface area contributed by atoms with Gasteiger partial charge in [-0.3, -0.25) is 4.79 Å². The van der Waals surface area contributed by atoms with Crippen molar-refractivity contribution >= 4 is 23.8 Å². The molecule has 0 saturated carbocycles. The summed E-state index contributed by atoms with van der Waals surface area (Å²) in [6.07, 6.45) is 2.20. The molecular weight excluding hydrogens is 515 g/mol. The van der Waals surface area contributed by atoms with Gasteiger partial charge in [-0.25, -0.2) is 4.39 Å². The van der Waals surface area contributed by atoms with E-state index < -0.39 is 0 Å². The third-order valence-corrected chi connectivity index (χ3v) is 6.21. The Balaban J connectivity index is 1.28. The molecule has 11 nitrogen and oxygen atoms in total. The first kappa shape index (κ1) is 29.1. The number of ether oxygens (including phenoxy) is 2. The van der Waals surface area contributed by atoms with Crippen molar-refractivity contribution in [3.8, 4) is 0 Å².